The first-order valence-electron chi connectivity index (χ1n) is 8.46. The van der Waals surface area contributed by atoms with Crippen molar-refractivity contribution in [2.24, 2.45) is 0 Å². The van der Waals surface area contributed by atoms with E-state index in [0.29, 0.717) is 25.8 Å². The van der Waals surface area contributed by atoms with Crippen LogP contribution in [-0.2, 0) is 22.4 Å². The second-order valence-electron chi connectivity index (χ2n) is 6.05. The Labute approximate surface area is 147 Å². The van der Waals surface area contributed by atoms with Crippen molar-refractivity contribution in [1.29, 1.82) is 0 Å². The van der Waals surface area contributed by atoms with Crippen LogP contribution in [0.5, 0.6) is 5.75 Å². The van der Waals surface area contributed by atoms with Crippen molar-refractivity contribution >= 4 is 23.2 Å². The number of anilines is 2. The van der Waals surface area contributed by atoms with Gasteiger partial charge < -0.3 is 15.0 Å². The molecule has 2 amide bonds. The predicted octanol–water partition coefficient (Wildman–Crippen LogP) is 3.18. The lowest BCUT2D eigenvalue weighted by Crippen LogP contribution is -2.34. The summed E-state index contributed by atoms with van der Waals surface area (Å²) in [6, 6.07) is 13.2. The third-order valence-electron chi connectivity index (χ3n) is 4.40. The molecule has 2 aromatic rings. The van der Waals surface area contributed by atoms with Crippen LogP contribution in [0.4, 0.5) is 11.4 Å². The number of nitrogens with one attached hydrogen (secondary N) is 1. The summed E-state index contributed by atoms with van der Waals surface area (Å²) in [5.41, 5.74) is 3.75. The molecule has 1 aliphatic heterocycles. The van der Waals surface area contributed by atoms with E-state index in [4.69, 9.17) is 4.74 Å². The number of fused-ring (bicyclic) bond motifs is 1. The summed E-state index contributed by atoms with van der Waals surface area (Å²) in [5.74, 6) is 0.865. The van der Waals surface area contributed by atoms with E-state index < -0.39 is 0 Å². The van der Waals surface area contributed by atoms with Gasteiger partial charge in [0.15, 0.2) is 0 Å². The number of carbonyl (C=O) groups excluding carboxylic acids is 2. The minimum absolute atomic E-state index is 0.0654. The van der Waals surface area contributed by atoms with E-state index in [1.807, 2.05) is 49.4 Å². The Morgan fingerprint density at radius 3 is 2.60 bits per heavy atom. The second kappa shape index (κ2) is 7.38. The topological polar surface area (TPSA) is 58.6 Å². The van der Waals surface area contributed by atoms with Crippen LogP contribution in [0.15, 0.2) is 42.5 Å². The average molecular weight is 338 g/mol. The van der Waals surface area contributed by atoms with Crippen LogP contribution in [0.3, 0.4) is 0 Å². The molecule has 1 N–H and O–H groups in total. The maximum absolute atomic E-state index is 12.3. The molecule has 0 saturated carbocycles. The molecule has 3 rings (SSSR count). The van der Waals surface area contributed by atoms with Crippen LogP contribution in [0.1, 0.15) is 24.5 Å². The van der Waals surface area contributed by atoms with Gasteiger partial charge in [-0.25, -0.2) is 0 Å². The van der Waals surface area contributed by atoms with Gasteiger partial charge in [-0.15, -0.1) is 0 Å². The standard InChI is InChI=1S/C20H22N2O3/c1-3-22-18-10-7-16(13-15(18)6-11-20(22)24)21-19(23)12-14-4-8-17(25-2)9-5-14/h4-5,7-10,13H,3,6,11-12H2,1-2H3,(H,21,23). The highest BCUT2D eigenvalue weighted by molar-refractivity contribution is 5.97. The molecule has 1 heterocycles. The molecule has 5 heteroatoms. The molecule has 5 nitrogen and oxygen atoms in total. The zero-order valence-corrected chi connectivity index (χ0v) is 14.5. The van der Waals surface area contributed by atoms with Crippen molar-refractivity contribution in [2.75, 3.05) is 23.9 Å². The van der Waals surface area contributed by atoms with Gasteiger partial charge in [0.1, 0.15) is 5.75 Å². The molecule has 0 aliphatic carbocycles. The van der Waals surface area contributed by atoms with E-state index in [1.165, 1.54) is 0 Å². The molecule has 130 valence electrons. The zero-order chi connectivity index (χ0) is 17.8. The van der Waals surface area contributed by atoms with Crippen molar-refractivity contribution in [3.8, 4) is 5.75 Å². The van der Waals surface area contributed by atoms with Gasteiger partial charge in [0.25, 0.3) is 0 Å². The maximum atomic E-state index is 12.3. The average Bonchev–Trinajstić information content (AvgIpc) is 2.62. The molecule has 0 spiro atoms. The number of carbonyl (C=O) groups is 2. The van der Waals surface area contributed by atoms with Crippen molar-refractivity contribution in [3.05, 3.63) is 53.6 Å². The summed E-state index contributed by atoms with van der Waals surface area (Å²) in [5, 5.41) is 2.94. The highest BCUT2D eigenvalue weighted by atomic mass is 16.5. The van der Waals surface area contributed by atoms with Gasteiger partial charge in [-0.1, -0.05) is 12.1 Å². The first-order chi connectivity index (χ1) is 12.1. The van der Waals surface area contributed by atoms with Gasteiger partial charge in [-0.05, 0) is 54.8 Å². The number of benzene rings is 2. The third-order valence-corrected chi connectivity index (χ3v) is 4.40. The Kier molecular flexibility index (Phi) is 5.03. The Hall–Kier alpha value is -2.82. The fraction of sp³-hybridized carbons (Fsp3) is 0.300. The Balaban J connectivity index is 1.68. The quantitative estimate of drug-likeness (QED) is 0.911. The lowest BCUT2D eigenvalue weighted by Gasteiger charge is -2.28. The van der Waals surface area contributed by atoms with Crippen molar-refractivity contribution < 1.29 is 14.3 Å². The van der Waals surface area contributed by atoms with Crippen molar-refractivity contribution in [1.82, 2.24) is 0 Å². The van der Waals surface area contributed by atoms with Crippen molar-refractivity contribution in [3.63, 3.8) is 0 Å². The lowest BCUT2D eigenvalue weighted by atomic mass is 10.0. The van der Waals surface area contributed by atoms with Gasteiger partial charge in [0.05, 0.1) is 13.5 Å². The molecule has 0 saturated heterocycles. The van der Waals surface area contributed by atoms with E-state index in [-0.39, 0.29) is 11.8 Å². The number of ether oxygens (including phenoxy) is 1. The van der Waals surface area contributed by atoms with E-state index in [9.17, 15) is 9.59 Å². The highest BCUT2D eigenvalue weighted by Crippen LogP contribution is 2.30. The molecule has 0 bridgehead atoms. The number of methoxy groups -OCH3 is 1. The van der Waals surface area contributed by atoms with Gasteiger partial charge >= 0.3 is 0 Å². The Bertz CT molecular complexity index is 784. The molecule has 0 unspecified atom stereocenters. The van der Waals surface area contributed by atoms with Crippen LogP contribution in [-0.4, -0.2) is 25.5 Å². The second-order valence-corrected chi connectivity index (χ2v) is 6.05. The van der Waals surface area contributed by atoms with E-state index in [0.717, 1.165) is 28.3 Å². The Morgan fingerprint density at radius 2 is 1.92 bits per heavy atom. The molecule has 0 aromatic heterocycles. The molecule has 2 aromatic carbocycles. The third kappa shape index (κ3) is 3.82. The molecule has 0 atom stereocenters. The van der Waals surface area contributed by atoms with Gasteiger partial charge in [0, 0.05) is 24.3 Å². The zero-order valence-electron chi connectivity index (χ0n) is 14.5. The van der Waals surface area contributed by atoms with Crippen LogP contribution in [0.2, 0.25) is 0 Å². The Morgan fingerprint density at radius 1 is 1.16 bits per heavy atom. The van der Waals surface area contributed by atoms with Crippen LogP contribution in [0, 0.1) is 0 Å². The van der Waals surface area contributed by atoms with E-state index >= 15 is 0 Å². The number of rotatable bonds is 5. The van der Waals surface area contributed by atoms with Gasteiger partial charge in [-0.2, -0.15) is 0 Å². The first-order valence-corrected chi connectivity index (χ1v) is 8.46. The molecule has 1 aliphatic rings. The molecule has 0 radical (unpaired) electrons. The summed E-state index contributed by atoms with van der Waals surface area (Å²) >= 11 is 0. The summed E-state index contributed by atoms with van der Waals surface area (Å²) in [6.45, 7) is 2.63. The van der Waals surface area contributed by atoms with E-state index in [1.54, 1.807) is 12.0 Å². The van der Waals surface area contributed by atoms with Crippen molar-refractivity contribution in [2.45, 2.75) is 26.2 Å². The molecule has 25 heavy (non-hydrogen) atoms. The summed E-state index contributed by atoms with van der Waals surface area (Å²) in [7, 11) is 1.62. The molecular formula is C20H22N2O3. The lowest BCUT2D eigenvalue weighted by molar-refractivity contribution is -0.119. The largest absolute Gasteiger partial charge is 0.497 e. The SMILES string of the molecule is CCN1C(=O)CCc2cc(NC(=O)Cc3ccc(OC)cc3)ccc21. The van der Waals surface area contributed by atoms with Crippen LogP contribution in [0.25, 0.3) is 0 Å². The highest BCUT2D eigenvalue weighted by Gasteiger charge is 2.22. The number of nitrogens with zero attached hydrogens (tertiary/aromatic N) is 1. The predicted molar refractivity (Wildman–Crippen MR) is 98.1 cm³/mol. The summed E-state index contributed by atoms with van der Waals surface area (Å²) < 4.78 is 5.12. The molecular weight excluding hydrogens is 316 g/mol. The fourth-order valence-corrected chi connectivity index (χ4v) is 3.12. The minimum atomic E-state index is -0.0654. The fourth-order valence-electron chi connectivity index (χ4n) is 3.12. The number of aryl methyl sites for hydroxylation is 1. The maximum Gasteiger partial charge on any atom is 0.228 e. The normalized spacial score (nSPS) is 13.4. The van der Waals surface area contributed by atoms with Gasteiger partial charge in [-0.3, -0.25) is 9.59 Å². The van der Waals surface area contributed by atoms with Crippen LogP contribution >= 0.6 is 0 Å². The monoisotopic (exact) mass is 338 g/mol. The van der Waals surface area contributed by atoms with Gasteiger partial charge in [0.2, 0.25) is 11.8 Å². The van der Waals surface area contributed by atoms with Crippen LogP contribution < -0.4 is 15.0 Å². The molecule has 0 fully saturated rings. The number of amides is 2. The smallest absolute Gasteiger partial charge is 0.228 e. The number of hydrogen-bond donors (Lipinski definition) is 1. The summed E-state index contributed by atoms with van der Waals surface area (Å²) in [4.78, 5) is 26.0. The first kappa shape index (κ1) is 17.0. The summed E-state index contributed by atoms with van der Waals surface area (Å²) in [6.07, 6.45) is 1.54. The van der Waals surface area contributed by atoms with E-state index in [2.05, 4.69) is 5.32 Å². The minimum Gasteiger partial charge on any atom is -0.497 e. The number of hydrogen-bond acceptors (Lipinski definition) is 3.